The molecule has 0 saturated heterocycles. The first-order valence-corrected chi connectivity index (χ1v) is 14.0. The number of nitrogens with one attached hydrogen (secondary N) is 1. The van der Waals surface area contributed by atoms with Gasteiger partial charge in [0.25, 0.3) is 5.91 Å². The molecule has 40 heavy (non-hydrogen) atoms. The topological polar surface area (TPSA) is 132 Å². The molecular weight excluding hydrogens is 549 g/mol. The highest BCUT2D eigenvalue weighted by Crippen LogP contribution is 2.38. The maximum absolute atomic E-state index is 13.0. The highest BCUT2D eigenvalue weighted by Gasteiger charge is 2.33. The number of sulfone groups is 1. The van der Waals surface area contributed by atoms with E-state index in [0.29, 0.717) is 17.1 Å². The molecule has 1 atom stereocenters. The van der Waals surface area contributed by atoms with Crippen LogP contribution in [0.25, 0.3) is 0 Å². The van der Waals surface area contributed by atoms with Gasteiger partial charge >= 0.3 is 12.3 Å². The fraction of sp³-hybridized carbons (Fsp3) is 0.296. The minimum atomic E-state index is -4.44. The van der Waals surface area contributed by atoms with Crippen molar-refractivity contribution in [3.8, 4) is 0 Å². The summed E-state index contributed by atoms with van der Waals surface area (Å²) in [5, 5.41) is 2.73. The van der Waals surface area contributed by atoms with Crippen molar-refractivity contribution in [1.29, 1.82) is 0 Å². The summed E-state index contributed by atoms with van der Waals surface area (Å²) >= 11 is 0. The van der Waals surface area contributed by atoms with Crippen LogP contribution in [0.1, 0.15) is 47.3 Å². The summed E-state index contributed by atoms with van der Waals surface area (Å²) in [4.78, 5) is 30.6. The molecule has 212 valence electrons. The zero-order chi connectivity index (χ0) is 29.1. The van der Waals surface area contributed by atoms with Crippen LogP contribution in [-0.4, -0.2) is 43.8 Å². The van der Waals surface area contributed by atoms with E-state index in [-0.39, 0.29) is 28.9 Å². The molecule has 9 nitrogen and oxygen atoms in total. The van der Waals surface area contributed by atoms with Crippen molar-refractivity contribution in [2.75, 3.05) is 17.3 Å². The van der Waals surface area contributed by atoms with Gasteiger partial charge in [-0.1, -0.05) is 19.1 Å². The van der Waals surface area contributed by atoms with Crippen LogP contribution in [0.3, 0.4) is 0 Å². The number of primary amides is 1. The minimum Gasteiger partial charge on any atom is -0.447 e. The minimum absolute atomic E-state index is 0.0721. The van der Waals surface area contributed by atoms with Crippen LogP contribution in [-0.2, 0) is 20.8 Å². The molecule has 1 saturated carbocycles. The molecule has 0 spiro atoms. The predicted octanol–water partition coefficient (Wildman–Crippen LogP) is 4.76. The van der Waals surface area contributed by atoms with Crippen molar-refractivity contribution in [3.63, 3.8) is 0 Å². The SMILES string of the molecule is CCS(=O)(=O)c1ccc([C@H](COC(N)=O)NC(=O)c2ccc(N(c3ccc(C(F)(F)F)cc3)C3CC3)nc2)cc1. The molecule has 1 fully saturated rings. The summed E-state index contributed by atoms with van der Waals surface area (Å²) in [5.74, 6) is -0.146. The highest BCUT2D eigenvalue weighted by molar-refractivity contribution is 7.91. The van der Waals surface area contributed by atoms with Crippen LogP contribution >= 0.6 is 0 Å². The molecule has 3 aromatic rings. The van der Waals surface area contributed by atoms with Gasteiger partial charge in [0.15, 0.2) is 9.84 Å². The third-order valence-electron chi connectivity index (χ3n) is 6.36. The molecule has 0 aliphatic heterocycles. The number of nitrogens with two attached hydrogens (primary N) is 1. The summed E-state index contributed by atoms with van der Waals surface area (Å²) in [6.45, 7) is 1.23. The largest absolute Gasteiger partial charge is 0.447 e. The maximum atomic E-state index is 13.0. The first-order valence-electron chi connectivity index (χ1n) is 12.4. The van der Waals surface area contributed by atoms with Crippen LogP contribution in [0.15, 0.2) is 71.8 Å². The summed E-state index contributed by atoms with van der Waals surface area (Å²) in [6.07, 6.45) is -2.44. The van der Waals surface area contributed by atoms with Crippen molar-refractivity contribution in [2.45, 2.75) is 42.9 Å². The number of carbonyl (C=O) groups is 2. The second-order valence-electron chi connectivity index (χ2n) is 9.18. The molecule has 2 amide bonds. The number of pyridine rings is 1. The lowest BCUT2D eigenvalue weighted by atomic mass is 10.1. The summed E-state index contributed by atoms with van der Waals surface area (Å²) in [5.41, 5.74) is 5.56. The van der Waals surface area contributed by atoms with Crippen molar-refractivity contribution in [1.82, 2.24) is 10.3 Å². The number of rotatable bonds is 10. The summed E-state index contributed by atoms with van der Waals surface area (Å²) in [6, 6.07) is 13.0. The van der Waals surface area contributed by atoms with Gasteiger partial charge in [-0.3, -0.25) is 4.79 Å². The fourth-order valence-corrected chi connectivity index (χ4v) is 4.92. The van der Waals surface area contributed by atoms with Crippen LogP contribution in [0.2, 0.25) is 0 Å². The molecule has 1 heterocycles. The first-order chi connectivity index (χ1) is 18.9. The van der Waals surface area contributed by atoms with E-state index in [4.69, 9.17) is 10.5 Å². The number of benzene rings is 2. The van der Waals surface area contributed by atoms with E-state index in [1.807, 2.05) is 4.90 Å². The van der Waals surface area contributed by atoms with Crippen LogP contribution in [0.4, 0.5) is 29.5 Å². The Morgan fingerprint density at radius 3 is 2.23 bits per heavy atom. The molecule has 2 aromatic carbocycles. The molecular formula is C27H27F3N4O5S. The molecule has 0 radical (unpaired) electrons. The van der Waals surface area contributed by atoms with Gasteiger partial charge in [0, 0.05) is 17.9 Å². The maximum Gasteiger partial charge on any atom is 0.416 e. The van der Waals surface area contributed by atoms with Crippen molar-refractivity contribution >= 4 is 33.3 Å². The van der Waals surface area contributed by atoms with Gasteiger partial charge in [0.1, 0.15) is 12.4 Å². The normalized spacial score (nSPS) is 14.3. The lowest BCUT2D eigenvalue weighted by molar-refractivity contribution is -0.137. The Labute approximate surface area is 229 Å². The van der Waals surface area contributed by atoms with E-state index in [9.17, 15) is 31.2 Å². The van der Waals surface area contributed by atoms with Gasteiger partial charge < -0.3 is 20.7 Å². The Balaban J connectivity index is 1.52. The number of ether oxygens (including phenoxy) is 1. The van der Waals surface area contributed by atoms with Gasteiger partial charge in [0.05, 0.1) is 27.8 Å². The number of alkyl halides is 3. The molecule has 1 aliphatic carbocycles. The van der Waals surface area contributed by atoms with E-state index in [0.717, 1.165) is 25.0 Å². The molecule has 0 unspecified atom stereocenters. The number of amides is 2. The van der Waals surface area contributed by atoms with E-state index < -0.39 is 39.6 Å². The van der Waals surface area contributed by atoms with Crippen LogP contribution in [0, 0.1) is 0 Å². The molecule has 3 N–H and O–H groups in total. The zero-order valence-electron chi connectivity index (χ0n) is 21.4. The number of carbonyl (C=O) groups excluding carboxylic acids is 2. The second-order valence-corrected chi connectivity index (χ2v) is 11.5. The molecule has 4 rings (SSSR count). The third-order valence-corrected chi connectivity index (χ3v) is 8.11. The molecule has 1 aliphatic rings. The summed E-state index contributed by atoms with van der Waals surface area (Å²) < 4.78 is 68.1. The molecule has 1 aromatic heterocycles. The summed E-state index contributed by atoms with van der Waals surface area (Å²) in [7, 11) is -3.43. The Kier molecular flexibility index (Phi) is 8.33. The number of halogens is 3. The first kappa shape index (κ1) is 28.9. The number of anilines is 2. The third kappa shape index (κ3) is 6.89. The number of hydrogen-bond donors (Lipinski definition) is 2. The molecule has 0 bridgehead atoms. The number of hydrogen-bond acceptors (Lipinski definition) is 7. The van der Waals surface area contributed by atoms with Crippen molar-refractivity contribution < 1.29 is 35.9 Å². The Morgan fingerprint density at radius 2 is 1.73 bits per heavy atom. The van der Waals surface area contributed by atoms with Gasteiger partial charge in [-0.05, 0) is 66.9 Å². The van der Waals surface area contributed by atoms with Gasteiger partial charge in [-0.15, -0.1) is 0 Å². The Morgan fingerprint density at radius 1 is 1.07 bits per heavy atom. The van der Waals surface area contributed by atoms with Crippen LogP contribution in [0.5, 0.6) is 0 Å². The highest BCUT2D eigenvalue weighted by atomic mass is 32.2. The van der Waals surface area contributed by atoms with E-state index in [1.54, 1.807) is 6.07 Å². The van der Waals surface area contributed by atoms with Crippen LogP contribution < -0.4 is 16.0 Å². The smallest absolute Gasteiger partial charge is 0.416 e. The van der Waals surface area contributed by atoms with E-state index in [2.05, 4.69) is 10.3 Å². The lowest BCUT2D eigenvalue weighted by Crippen LogP contribution is -2.33. The molecule has 13 heteroatoms. The van der Waals surface area contributed by atoms with Crippen molar-refractivity contribution in [2.24, 2.45) is 5.73 Å². The Bertz CT molecular complexity index is 1460. The predicted molar refractivity (Wildman–Crippen MR) is 141 cm³/mol. The Hall–Kier alpha value is -4.13. The van der Waals surface area contributed by atoms with Crippen molar-refractivity contribution in [3.05, 3.63) is 83.6 Å². The zero-order valence-corrected chi connectivity index (χ0v) is 22.2. The number of aromatic nitrogens is 1. The van der Waals surface area contributed by atoms with Gasteiger partial charge in [-0.25, -0.2) is 18.2 Å². The standard InChI is InChI=1S/C27H27F3N4O5S/c1-2-40(37,38)22-12-3-17(4-13-22)23(16-39-26(31)36)33-25(35)18-5-14-24(32-15-18)34(21-10-11-21)20-8-6-19(7-9-20)27(28,29)30/h3-9,12-15,21,23H,2,10-11,16H2,1H3,(H2,31,36)(H,33,35)/t23-/m0/s1. The quantitative estimate of drug-likeness (QED) is 0.356. The second kappa shape index (κ2) is 11.5. The van der Waals surface area contributed by atoms with E-state index in [1.165, 1.54) is 55.6 Å². The number of nitrogens with zero attached hydrogens (tertiary/aromatic N) is 2. The lowest BCUT2D eigenvalue weighted by Gasteiger charge is -2.24. The monoisotopic (exact) mass is 576 g/mol. The average molecular weight is 577 g/mol. The van der Waals surface area contributed by atoms with E-state index >= 15 is 0 Å². The van der Waals surface area contributed by atoms with Gasteiger partial charge in [-0.2, -0.15) is 13.2 Å². The average Bonchev–Trinajstić information content (AvgIpc) is 3.76. The van der Waals surface area contributed by atoms with Gasteiger partial charge in [0.2, 0.25) is 0 Å². The fourth-order valence-electron chi connectivity index (χ4n) is 4.04.